The minimum Gasteiger partial charge on any atom is -0.326 e. The lowest BCUT2D eigenvalue weighted by molar-refractivity contribution is -0.141. The number of amides is 3. The summed E-state index contributed by atoms with van der Waals surface area (Å²) in [4.78, 5) is 37.3. The van der Waals surface area contributed by atoms with Gasteiger partial charge in [0.1, 0.15) is 0 Å². The van der Waals surface area contributed by atoms with E-state index in [0.717, 1.165) is 19.3 Å². The molecule has 1 N–H and O–H groups in total. The zero-order chi connectivity index (χ0) is 20.4. The van der Waals surface area contributed by atoms with Crippen molar-refractivity contribution in [1.29, 1.82) is 0 Å². The molecule has 1 fully saturated rings. The van der Waals surface area contributed by atoms with Crippen LogP contribution in [0.2, 0.25) is 0 Å². The van der Waals surface area contributed by atoms with E-state index in [-0.39, 0.29) is 17.7 Å². The Morgan fingerprint density at radius 2 is 1.66 bits per heavy atom. The summed E-state index contributed by atoms with van der Waals surface area (Å²) >= 11 is 0. The maximum absolute atomic E-state index is 13.0. The van der Waals surface area contributed by atoms with Gasteiger partial charge < -0.3 is 5.32 Å². The third-order valence-electron chi connectivity index (χ3n) is 5.58. The van der Waals surface area contributed by atoms with Crippen molar-refractivity contribution >= 4 is 23.4 Å². The maximum atomic E-state index is 13.0. The van der Waals surface area contributed by atoms with Gasteiger partial charge in [0, 0.05) is 37.7 Å². The first-order valence-electron chi connectivity index (χ1n) is 10.1. The number of fused-ring (bicyclic) bond motifs is 1. The van der Waals surface area contributed by atoms with E-state index in [0.29, 0.717) is 36.7 Å². The molecule has 1 saturated heterocycles. The smallest absolute Gasteiger partial charge is 0.272 e. The fourth-order valence-electron chi connectivity index (χ4n) is 4.31. The fraction of sp³-hybridized carbons (Fsp3) is 0.348. The molecule has 3 amide bonds. The van der Waals surface area contributed by atoms with Crippen LogP contribution in [0.25, 0.3) is 0 Å². The summed E-state index contributed by atoms with van der Waals surface area (Å²) in [6, 6.07) is 15.2. The second kappa shape index (κ2) is 8.07. The molecule has 150 valence electrons. The average Bonchev–Trinajstić information content (AvgIpc) is 3.33. The van der Waals surface area contributed by atoms with E-state index in [1.807, 2.05) is 12.1 Å². The number of hydrazine groups is 1. The Bertz CT molecular complexity index is 931. The Labute approximate surface area is 170 Å². The number of rotatable bonds is 4. The molecule has 1 aliphatic carbocycles. The second-order valence-corrected chi connectivity index (χ2v) is 7.81. The number of carbonyl (C=O) groups excluding carboxylic acids is 3. The molecule has 0 atom stereocenters. The standard InChI is InChI=1S/C23H25N3O3/c1-16(27)24-21-9-4-8-20(15-21)23(29)26-11-5-10-25(26)22(28)14-17-12-18-6-2-3-7-19(18)13-17/h2-4,6-9,15,17H,5,10-14H2,1H3,(H,24,27). The molecule has 0 bridgehead atoms. The lowest BCUT2D eigenvalue weighted by Crippen LogP contribution is -2.45. The van der Waals surface area contributed by atoms with Crippen molar-refractivity contribution in [1.82, 2.24) is 10.0 Å². The summed E-state index contributed by atoms with van der Waals surface area (Å²) in [5.41, 5.74) is 3.69. The van der Waals surface area contributed by atoms with Gasteiger partial charge in [-0.3, -0.25) is 19.4 Å². The molecule has 0 radical (unpaired) electrons. The summed E-state index contributed by atoms with van der Waals surface area (Å²) in [7, 11) is 0. The SMILES string of the molecule is CC(=O)Nc1cccc(C(=O)N2CCCN2C(=O)CC2Cc3ccccc3C2)c1. The van der Waals surface area contributed by atoms with Crippen LogP contribution in [0.5, 0.6) is 0 Å². The third kappa shape index (κ3) is 4.16. The van der Waals surface area contributed by atoms with E-state index < -0.39 is 0 Å². The van der Waals surface area contributed by atoms with Crippen molar-refractivity contribution in [2.45, 2.75) is 32.6 Å². The molecule has 1 aliphatic heterocycles. The van der Waals surface area contributed by atoms with E-state index in [1.165, 1.54) is 18.1 Å². The third-order valence-corrected chi connectivity index (χ3v) is 5.58. The van der Waals surface area contributed by atoms with E-state index in [4.69, 9.17) is 0 Å². The van der Waals surface area contributed by atoms with Gasteiger partial charge in [-0.1, -0.05) is 30.3 Å². The van der Waals surface area contributed by atoms with Crippen molar-refractivity contribution in [2.75, 3.05) is 18.4 Å². The molecule has 2 aliphatic rings. The Balaban J connectivity index is 1.43. The van der Waals surface area contributed by atoms with Crippen LogP contribution in [0.15, 0.2) is 48.5 Å². The van der Waals surface area contributed by atoms with Crippen LogP contribution >= 0.6 is 0 Å². The predicted octanol–water partition coefficient (Wildman–Crippen LogP) is 3.04. The van der Waals surface area contributed by atoms with Gasteiger partial charge in [0.2, 0.25) is 11.8 Å². The Morgan fingerprint density at radius 1 is 0.966 bits per heavy atom. The molecule has 0 saturated carbocycles. The first-order chi connectivity index (χ1) is 14.0. The summed E-state index contributed by atoms with van der Waals surface area (Å²) < 4.78 is 0. The number of nitrogens with zero attached hydrogens (tertiary/aromatic N) is 2. The van der Waals surface area contributed by atoms with Crippen LogP contribution < -0.4 is 5.32 Å². The van der Waals surface area contributed by atoms with E-state index >= 15 is 0 Å². The van der Waals surface area contributed by atoms with Crippen LogP contribution in [-0.4, -0.2) is 40.8 Å². The molecular weight excluding hydrogens is 366 g/mol. The number of hydrogen-bond acceptors (Lipinski definition) is 3. The van der Waals surface area contributed by atoms with E-state index in [2.05, 4.69) is 17.4 Å². The Kier molecular flexibility index (Phi) is 5.34. The van der Waals surface area contributed by atoms with Crippen molar-refractivity contribution in [3.8, 4) is 0 Å². The van der Waals surface area contributed by atoms with Crippen LogP contribution in [0.4, 0.5) is 5.69 Å². The lowest BCUT2D eigenvalue weighted by Gasteiger charge is -2.29. The molecule has 6 heteroatoms. The normalized spacial score (nSPS) is 16.0. The zero-order valence-corrected chi connectivity index (χ0v) is 16.6. The van der Waals surface area contributed by atoms with Crippen molar-refractivity contribution < 1.29 is 14.4 Å². The molecule has 6 nitrogen and oxygen atoms in total. The molecule has 0 aromatic heterocycles. The maximum Gasteiger partial charge on any atom is 0.272 e. The van der Waals surface area contributed by atoms with Gasteiger partial charge >= 0.3 is 0 Å². The highest BCUT2D eigenvalue weighted by atomic mass is 16.2. The van der Waals surface area contributed by atoms with Gasteiger partial charge in [-0.2, -0.15) is 0 Å². The highest BCUT2D eigenvalue weighted by molar-refractivity contribution is 5.97. The molecule has 1 heterocycles. The van der Waals surface area contributed by atoms with Crippen LogP contribution in [0.1, 0.15) is 41.3 Å². The number of benzene rings is 2. The predicted molar refractivity (Wildman–Crippen MR) is 110 cm³/mol. The van der Waals surface area contributed by atoms with Gasteiger partial charge in [0.15, 0.2) is 0 Å². The summed E-state index contributed by atoms with van der Waals surface area (Å²) in [5.74, 6) is -0.102. The number of hydrogen-bond donors (Lipinski definition) is 1. The Hall–Kier alpha value is -3.15. The topological polar surface area (TPSA) is 69.7 Å². The highest BCUT2D eigenvalue weighted by Gasteiger charge is 2.33. The summed E-state index contributed by atoms with van der Waals surface area (Å²) in [6.45, 7) is 2.52. The van der Waals surface area contributed by atoms with Crippen molar-refractivity contribution in [3.63, 3.8) is 0 Å². The average molecular weight is 391 g/mol. The molecule has 0 spiro atoms. The van der Waals surface area contributed by atoms with Gasteiger partial charge in [-0.15, -0.1) is 0 Å². The summed E-state index contributed by atoms with van der Waals surface area (Å²) in [6.07, 6.45) is 3.06. The van der Waals surface area contributed by atoms with Crippen LogP contribution in [0.3, 0.4) is 0 Å². The molecule has 0 unspecified atom stereocenters. The molecular formula is C23H25N3O3. The first-order valence-corrected chi connectivity index (χ1v) is 10.1. The minimum absolute atomic E-state index is 0.00618. The summed E-state index contributed by atoms with van der Waals surface area (Å²) in [5, 5.41) is 5.85. The van der Waals surface area contributed by atoms with Crippen molar-refractivity contribution in [2.24, 2.45) is 5.92 Å². The Morgan fingerprint density at radius 3 is 2.34 bits per heavy atom. The fourth-order valence-corrected chi connectivity index (χ4v) is 4.31. The number of anilines is 1. The van der Waals surface area contributed by atoms with Gasteiger partial charge in [0.25, 0.3) is 5.91 Å². The molecule has 4 rings (SSSR count). The largest absolute Gasteiger partial charge is 0.326 e. The quantitative estimate of drug-likeness (QED) is 0.871. The van der Waals surface area contributed by atoms with Gasteiger partial charge in [0.05, 0.1) is 0 Å². The van der Waals surface area contributed by atoms with Gasteiger partial charge in [-0.05, 0) is 54.5 Å². The second-order valence-electron chi connectivity index (χ2n) is 7.81. The number of carbonyl (C=O) groups is 3. The minimum atomic E-state index is -0.210. The van der Waals surface area contributed by atoms with Crippen molar-refractivity contribution in [3.05, 3.63) is 65.2 Å². The van der Waals surface area contributed by atoms with Gasteiger partial charge in [-0.25, -0.2) is 5.01 Å². The van der Waals surface area contributed by atoms with E-state index in [9.17, 15) is 14.4 Å². The zero-order valence-electron chi connectivity index (χ0n) is 16.6. The molecule has 2 aromatic rings. The van der Waals surface area contributed by atoms with Crippen LogP contribution in [-0.2, 0) is 22.4 Å². The lowest BCUT2D eigenvalue weighted by atomic mass is 10.0. The molecule has 29 heavy (non-hydrogen) atoms. The van der Waals surface area contributed by atoms with E-state index in [1.54, 1.807) is 34.3 Å². The highest BCUT2D eigenvalue weighted by Crippen LogP contribution is 2.30. The monoisotopic (exact) mass is 391 g/mol. The number of nitrogens with one attached hydrogen (secondary N) is 1. The van der Waals surface area contributed by atoms with Crippen LogP contribution in [0, 0.1) is 5.92 Å². The first kappa shape index (κ1) is 19.2. The molecule has 2 aromatic carbocycles.